The van der Waals surface area contributed by atoms with Gasteiger partial charge in [0.15, 0.2) is 0 Å². The number of nitrogens with two attached hydrogens (primary N) is 1. The lowest BCUT2D eigenvalue weighted by molar-refractivity contribution is 0.547. The Morgan fingerprint density at radius 1 is 1.21 bits per heavy atom. The Kier molecular flexibility index (Phi) is 3.39. The molecule has 0 bridgehead atoms. The maximum Gasteiger partial charge on any atom is 0.123 e. The molecule has 1 heterocycles. The van der Waals surface area contributed by atoms with Crippen LogP contribution in [0.2, 0.25) is 0 Å². The summed E-state index contributed by atoms with van der Waals surface area (Å²) >= 11 is 1.78. The number of rotatable bonds is 3. The van der Waals surface area contributed by atoms with Gasteiger partial charge in [0, 0.05) is 5.75 Å². The number of hydrogen-bond donors (Lipinski definition) is 4. The van der Waals surface area contributed by atoms with E-state index in [9.17, 15) is 0 Å². The molecule has 76 valence electrons. The van der Waals surface area contributed by atoms with Gasteiger partial charge in [-0.05, 0) is 5.56 Å². The van der Waals surface area contributed by atoms with E-state index in [-0.39, 0.29) is 11.8 Å². The minimum Gasteiger partial charge on any atom is -0.303 e. The minimum absolute atomic E-state index is 0.150. The summed E-state index contributed by atoms with van der Waals surface area (Å²) in [6.45, 7) is 0. The number of hydrazine groups is 1. The highest BCUT2D eigenvalue weighted by Gasteiger charge is 2.18. The van der Waals surface area contributed by atoms with Crippen LogP contribution in [-0.4, -0.2) is 11.8 Å². The van der Waals surface area contributed by atoms with Crippen LogP contribution < -0.4 is 21.9 Å². The molecule has 0 aromatic heterocycles. The predicted octanol–water partition coefficient (Wildman–Crippen LogP) is 0.143. The van der Waals surface area contributed by atoms with Crippen LogP contribution in [0.4, 0.5) is 0 Å². The van der Waals surface area contributed by atoms with Crippen molar-refractivity contribution in [2.45, 2.75) is 17.5 Å². The monoisotopic (exact) mass is 210 g/mol. The second kappa shape index (κ2) is 4.77. The Morgan fingerprint density at radius 3 is 2.64 bits per heavy atom. The summed E-state index contributed by atoms with van der Waals surface area (Å²) in [6, 6.07) is 10.4. The van der Waals surface area contributed by atoms with E-state index in [1.807, 2.05) is 6.07 Å². The molecule has 1 fully saturated rings. The Hall–Kier alpha value is -0.590. The lowest BCUT2D eigenvalue weighted by Gasteiger charge is -2.09. The van der Waals surface area contributed by atoms with Crippen LogP contribution in [0, 0.1) is 0 Å². The molecule has 2 rings (SSSR count). The molecule has 0 radical (unpaired) electrons. The van der Waals surface area contributed by atoms with Crippen LogP contribution in [0.25, 0.3) is 0 Å². The van der Waals surface area contributed by atoms with E-state index in [4.69, 9.17) is 5.73 Å². The van der Waals surface area contributed by atoms with Crippen molar-refractivity contribution in [2.75, 3.05) is 0 Å². The highest BCUT2D eigenvalue weighted by molar-refractivity contribution is 7.99. The van der Waals surface area contributed by atoms with Gasteiger partial charge >= 0.3 is 0 Å². The maximum absolute atomic E-state index is 5.60. The van der Waals surface area contributed by atoms with Crippen LogP contribution >= 0.6 is 11.8 Å². The van der Waals surface area contributed by atoms with E-state index in [1.54, 1.807) is 11.8 Å². The summed E-state index contributed by atoms with van der Waals surface area (Å²) in [5, 5.41) is 3.14. The van der Waals surface area contributed by atoms with Gasteiger partial charge in [0.2, 0.25) is 0 Å². The Balaban J connectivity index is 1.78. The van der Waals surface area contributed by atoms with Crippen molar-refractivity contribution in [3.63, 3.8) is 0 Å². The number of hydrogen-bond acceptors (Lipinski definition) is 5. The van der Waals surface area contributed by atoms with Crippen molar-refractivity contribution in [3.05, 3.63) is 35.9 Å². The first kappa shape index (κ1) is 9.95. The maximum atomic E-state index is 5.60. The topological polar surface area (TPSA) is 62.1 Å². The van der Waals surface area contributed by atoms with E-state index >= 15 is 0 Å². The Labute approximate surface area is 87.6 Å². The zero-order chi connectivity index (χ0) is 9.80. The molecular weight excluding hydrogens is 196 g/mol. The van der Waals surface area contributed by atoms with Crippen LogP contribution in [0.5, 0.6) is 0 Å². The van der Waals surface area contributed by atoms with Crippen LogP contribution in [0.15, 0.2) is 30.3 Å². The molecule has 5 N–H and O–H groups in total. The van der Waals surface area contributed by atoms with Crippen LogP contribution in [0.1, 0.15) is 5.56 Å². The first-order chi connectivity index (χ1) is 6.84. The Morgan fingerprint density at radius 2 is 2.00 bits per heavy atom. The molecule has 0 spiro atoms. The van der Waals surface area contributed by atoms with Crippen molar-refractivity contribution >= 4 is 11.8 Å². The van der Waals surface area contributed by atoms with Crippen molar-refractivity contribution in [3.8, 4) is 0 Å². The highest BCUT2D eigenvalue weighted by Crippen LogP contribution is 2.15. The summed E-state index contributed by atoms with van der Waals surface area (Å²) in [5.74, 6) is 0.972. The number of nitrogens with one attached hydrogen (secondary N) is 3. The average Bonchev–Trinajstić information content (AvgIpc) is 2.63. The summed E-state index contributed by atoms with van der Waals surface area (Å²) in [5.41, 5.74) is 13.1. The van der Waals surface area contributed by atoms with Crippen LogP contribution in [-0.2, 0) is 5.75 Å². The fourth-order valence-corrected chi connectivity index (χ4v) is 2.20. The van der Waals surface area contributed by atoms with Gasteiger partial charge in [-0.3, -0.25) is 5.32 Å². The molecule has 1 aromatic rings. The summed E-state index contributed by atoms with van der Waals surface area (Å²) in [4.78, 5) is 0. The number of benzene rings is 1. The third-order valence-electron chi connectivity index (χ3n) is 1.96. The first-order valence-corrected chi connectivity index (χ1v) is 5.58. The highest BCUT2D eigenvalue weighted by atomic mass is 32.2. The van der Waals surface area contributed by atoms with Gasteiger partial charge in [0.05, 0.1) is 0 Å². The lowest BCUT2D eigenvalue weighted by atomic mass is 10.2. The zero-order valence-corrected chi connectivity index (χ0v) is 8.55. The Bertz CT molecular complexity index is 279. The van der Waals surface area contributed by atoms with E-state index < -0.39 is 0 Å². The fourth-order valence-electron chi connectivity index (χ4n) is 1.26. The van der Waals surface area contributed by atoms with Crippen molar-refractivity contribution in [1.82, 2.24) is 16.2 Å². The first-order valence-electron chi connectivity index (χ1n) is 4.53. The summed E-state index contributed by atoms with van der Waals surface area (Å²) in [7, 11) is 0. The van der Waals surface area contributed by atoms with Gasteiger partial charge in [-0.2, -0.15) is 0 Å². The molecule has 1 aromatic carbocycles. The molecule has 2 atom stereocenters. The molecule has 4 nitrogen and oxygen atoms in total. The third kappa shape index (κ3) is 2.70. The molecule has 1 saturated heterocycles. The molecule has 5 heteroatoms. The third-order valence-corrected chi connectivity index (χ3v) is 3.05. The molecular formula is C9H14N4S. The molecule has 0 aliphatic carbocycles. The van der Waals surface area contributed by atoms with Crippen LogP contribution in [0.3, 0.4) is 0 Å². The van der Waals surface area contributed by atoms with Crippen molar-refractivity contribution in [1.29, 1.82) is 0 Å². The summed E-state index contributed by atoms with van der Waals surface area (Å²) in [6.07, 6.45) is -0.150. The standard InChI is InChI=1S/C9H14N4S/c10-8-11-9(13-12-8)14-6-7-4-2-1-3-5-7/h1-5,8-9,11-13H,6,10H2. The quantitative estimate of drug-likeness (QED) is 0.572. The average molecular weight is 210 g/mol. The molecule has 0 amide bonds. The van der Waals surface area contributed by atoms with E-state index in [2.05, 4.69) is 40.4 Å². The molecule has 1 aliphatic rings. The minimum atomic E-state index is -0.150. The molecule has 0 saturated carbocycles. The smallest absolute Gasteiger partial charge is 0.123 e. The second-order valence-corrected chi connectivity index (χ2v) is 4.20. The van der Waals surface area contributed by atoms with Gasteiger partial charge in [-0.25, -0.2) is 10.9 Å². The van der Waals surface area contributed by atoms with Crippen molar-refractivity contribution < 1.29 is 0 Å². The second-order valence-electron chi connectivity index (χ2n) is 3.11. The number of thioether (sulfide) groups is 1. The van der Waals surface area contributed by atoms with Gasteiger partial charge in [0.1, 0.15) is 11.8 Å². The zero-order valence-electron chi connectivity index (χ0n) is 7.73. The van der Waals surface area contributed by atoms with Crippen molar-refractivity contribution in [2.24, 2.45) is 5.73 Å². The van der Waals surface area contributed by atoms with Gasteiger partial charge in [-0.15, -0.1) is 11.8 Å². The normalized spacial score (nSPS) is 26.6. The van der Waals surface area contributed by atoms with Gasteiger partial charge < -0.3 is 5.73 Å². The lowest BCUT2D eigenvalue weighted by Crippen LogP contribution is -2.41. The van der Waals surface area contributed by atoms with E-state index in [0.717, 1.165) is 5.75 Å². The SMILES string of the molecule is NC1NNC(SCc2ccccc2)N1. The predicted molar refractivity (Wildman–Crippen MR) is 58.9 cm³/mol. The van der Waals surface area contributed by atoms with E-state index in [1.165, 1.54) is 5.56 Å². The summed E-state index contributed by atoms with van der Waals surface area (Å²) < 4.78 is 0. The van der Waals surface area contributed by atoms with E-state index in [0.29, 0.717) is 0 Å². The molecule has 14 heavy (non-hydrogen) atoms. The molecule has 1 aliphatic heterocycles. The van der Waals surface area contributed by atoms with Gasteiger partial charge in [0.25, 0.3) is 0 Å². The van der Waals surface area contributed by atoms with Gasteiger partial charge in [-0.1, -0.05) is 30.3 Å². The largest absolute Gasteiger partial charge is 0.303 e. The fraction of sp³-hybridized carbons (Fsp3) is 0.333. The molecule has 2 unspecified atom stereocenters.